The molecule has 1 aromatic heterocycles. The summed E-state index contributed by atoms with van der Waals surface area (Å²) in [5, 5.41) is 11.9. The van der Waals surface area contributed by atoms with Crippen LogP contribution in [0.15, 0.2) is 41.0 Å². The monoisotopic (exact) mass is 313 g/mol. The predicted molar refractivity (Wildman–Crippen MR) is 84.5 cm³/mol. The van der Waals surface area contributed by atoms with E-state index < -0.39 is 5.97 Å². The molecule has 5 nitrogen and oxygen atoms in total. The van der Waals surface area contributed by atoms with Gasteiger partial charge in [-0.25, -0.2) is 0 Å². The van der Waals surface area contributed by atoms with Crippen molar-refractivity contribution in [1.29, 1.82) is 0 Å². The number of carbonyl (C=O) groups is 2. The fourth-order valence-electron chi connectivity index (χ4n) is 2.92. The Morgan fingerprint density at radius 1 is 1.26 bits per heavy atom. The third kappa shape index (κ3) is 3.13. The molecule has 0 spiro atoms. The number of aryl methyl sites for hydroxylation is 1. The number of benzene rings is 1. The predicted octanol–water partition coefficient (Wildman–Crippen LogP) is 2.68. The Labute approximate surface area is 134 Å². The highest BCUT2D eigenvalue weighted by Crippen LogP contribution is 2.47. The van der Waals surface area contributed by atoms with Gasteiger partial charge in [0.15, 0.2) is 0 Å². The van der Waals surface area contributed by atoms with Crippen LogP contribution in [0.5, 0.6) is 0 Å². The van der Waals surface area contributed by atoms with Gasteiger partial charge in [0.25, 0.3) is 5.91 Å². The summed E-state index contributed by atoms with van der Waals surface area (Å²) >= 11 is 0. The third-order valence-electron chi connectivity index (χ3n) is 4.42. The highest BCUT2D eigenvalue weighted by atomic mass is 16.4. The van der Waals surface area contributed by atoms with Gasteiger partial charge >= 0.3 is 5.97 Å². The van der Waals surface area contributed by atoms with Crippen molar-refractivity contribution >= 4 is 11.9 Å². The first kappa shape index (κ1) is 15.3. The summed E-state index contributed by atoms with van der Waals surface area (Å²) in [7, 11) is 0. The number of carboxylic acids is 1. The summed E-state index contributed by atoms with van der Waals surface area (Å²) < 4.78 is 5.22. The molecule has 5 heteroatoms. The van der Waals surface area contributed by atoms with E-state index in [0.717, 1.165) is 12.8 Å². The second-order valence-corrected chi connectivity index (χ2v) is 6.12. The second-order valence-electron chi connectivity index (χ2n) is 6.12. The molecular weight excluding hydrogens is 294 g/mol. The number of rotatable bonds is 6. The number of carbonyl (C=O) groups excluding carboxylic acids is 1. The van der Waals surface area contributed by atoms with Crippen LogP contribution in [0.4, 0.5) is 0 Å². The number of carboxylic acid groups (broad SMARTS) is 1. The van der Waals surface area contributed by atoms with Gasteiger partial charge in [-0.05, 0) is 25.3 Å². The second kappa shape index (κ2) is 5.91. The maximum Gasteiger partial charge on any atom is 0.311 e. The van der Waals surface area contributed by atoms with E-state index in [-0.39, 0.29) is 23.5 Å². The summed E-state index contributed by atoms with van der Waals surface area (Å²) in [5.41, 5.74) is 2.25. The van der Waals surface area contributed by atoms with Crippen LogP contribution in [-0.4, -0.2) is 23.5 Å². The van der Waals surface area contributed by atoms with Gasteiger partial charge in [-0.3, -0.25) is 9.59 Å². The molecule has 1 aliphatic rings. The third-order valence-corrected chi connectivity index (χ3v) is 4.42. The lowest BCUT2D eigenvalue weighted by molar-refractivity contribution is -0.136. The van der Waals surface area contributed by atoms with Gasteiger partial charge in [0.05, 0.1) is 11.8 Å². The van der Waals surface area contributed by atoms with Crippen molar-refractivity contribution in [3.63, 3.8) is 0 Å². The van der Waals surface area contributed by atoms with Crippen molar-refractivity contribution in [1.82, 2.24) is 5.32 Å². The van der Waals surface area contributed by atoms with E-state index in [1.807, 2.05) is 18.2 Å². The average Bonchev–Trinajstić information content (AvgIpc) is 3.24. The minimum Gasteiger partial charge on any atom is -0.481 e. The summed E-state index contributed by atoms with van der Waals surface area (Å²) in [6.07, 6.45) is 3.23. The van der Waals surface area contributed by atoms with Crippen LogP contribution in [0, 0.1) is 6.92 Å². The zero-order chi connectivity index (χ0) is 16.4. The van der Waals surface area contributed by atoms with Crippen molar-refractivity contribution in [3.05, 3.63) is 59.0 Å². The van der Waals surface area contributed by atoms with Crippen molar-refractivity contribution in [2.75, 3.05) is 6.54 Å². The molecule has 1 heterocycles. The SMILES string of the molecule is Cc1coc(CC(=O)O)c1C(=O)NCC1(c2ccccc2)CC1. The molecule has 2 N–H and O–H groups in total. The van der Waals surface area contributed by atoms with E-state index in [2.05, 4.69) is 17.4 Å². The van der Waals surface area contributed by atoms with E-state index in [1.165, 1.54) is 11.8 Å². The first-order valence-corrected chi connectivity index (χ1v) is 7.64. The molecule has 23 heavy (non-hydrogen) atoms. The summed E-state index contributed by atoms with van der Waals surface area (Å²) in [6, 6.07) is 10.1. The molecule has 1 saturated carbocycles. The zero-order valence-electron chi connectivity index (χ0n) is 13.0. The van der Waals surface area contributed by atoms with Gasteiger partial charge in [-0.1, -0.05) is 30.3 Å². The Morgan fingerprint density at radius 3 is 2.57 bits per heavy atom. The minimum atomic E-state index is -1.02. The molecule has 0 aliphatic heterocycles. The van der Waals surface area contributed by atoms with Crippen LogP contribution in [0.2, 0.25) is 0 Å². The Balaban J connectivity index is 1.71. The minimum absolute atomic E-state index is 0.0154. The molecule has 1 aliphatic carbocycles. The Bertz CT molecular complexity index is 729. The van der Waals surface area contributed by atoms with Gasteiger partial charge in [0, 0.05) is 17.5 Å². The molecule has 1 fully saturated rings. The van der Waals surface area contributed by atoms with Crippen LogP contribution in [0.25, 0.3) is 0 Å². The molecule has 2 aromatic rings. The number of hydrogen-bond donors (Lipinski definition) is 2. The van der Waals surface area contributed by atoms with Gasteiger partial charge < -0.3 is 14.8 Å². The van der Waals surface area contributed by atoms with Gasteiger partial charge in [0.1, 0.15) is 12.2 Å². The van der Waals surface area contributed by atoms with E-state index in [0.29, 0.717) is 17.7 Å². The molecule has 3 rings (SSSR count). The number of nitrogens with one attached hydrogen (secondary N) is 1. The van der Waals surface area contributed by atoms with Crippen molar-refractivity contribution in [2.24, 2.45) is 0 Å². The highest BCUT2D eigenvalue weighted by Gasteiger charge is 2.44. The first-order chi connectivity index (χ1) is 11.0. The lowest BCUT2D eigenvalue weighted by Crippen LogP contribution is -2.33. The maximum absolute atomic E-state index is 12.5. The van der Waals surface area contributed by atoms with Crippen molar-refractivity contribution in [3.8, 4) is 0 Å². The normalized spacial score (nSPS) is 15.2. The van der Waals surface area contributed by atoms with Gasteiger partial charge in [-0.15, -0.1) is 0 Å². The van der Waals surface area contributed by atoms with Crippen LogP contribution < -0.4 is 5.32 Å². The van der Waals surface area contributed by atoms with Crippen molar-refractivity contribution < 1.29 is 19.1 Å². The number of hydrogen-bond acceptors (Lipinski definition) is 3. The molecule has 0 saturated heterocycles. The van der Waals surface area contributed by atoms with Crippen LogP contribution >= 0.6 is 0 Å². The van der Waals surface area contributed by atoms with E-state index in [9.17, 15) is 9.59 Å². The highest BCUT2D eigenvalue weighted by molar-refractivity contribution is 5.97. The summed E-state index contributed by atoms with van der Waals surface area (Å²) in [4.78, 5) is 23.3. The molecule has 0 atom stereocenters. The van der Waals surface area contributed by atoms with E-state index in [1.54, 1.807) is 6.92 Å². The molecule has 1 amide bonds. The Morgan fingerprint density at radius 2 is 1.96 bits per heavy atom. The Kier molecular flexibility index (Phi) is 3.94. The lowest BCUT2D eigenvalue weighted by atomic mass is 9.96. The smallest absolute Gasteiger partial charge is 0.311 e. The van der Waals surface area contributed by atoms with E-state index in [4.69, 9.17) is 9.52 Å². The molecule has 0 unspecified atom stereocenters. The first-order valence-electron chi connectivity index (χ1n) is 7.64. The number of amides is 1. The number of furan rings is 1. The Hall–Kier alpha value is -2.56. The molecule has 120 valence electrons. The molecule has 0 radical (unpaired) electrons. The molecule has 1 aromatic carbocycles. The van der Waals surface area contributed by atoms with E-state index >= 15 is 0 Å². The fraction of sp³-hybridized carbons (Fsp3) is 0.333. The zero-order valence-corrected chi connectivity index (χ0v) is 13.0. The van der Waals surface area contributed by atoms with Crippen molar-refractivity contribution in [2.45, 2.75) is 31.6 Å². The molecule has 0 bridgehead atoms. The quantitative estimate of drug-likeness (QED) is 0.859. The van der Waals surface area contributed by atoms with Crippen LogP contribution in [0.1, 0.15) is 40.1 Å². The van der Waals surface area contributed by atoms with Gasteiger partial charge in [0.2, 0.25) is 0 Å². The van der Waals surface area contributed by atoms with Gasteiger partial charge in [-0.2, -0.15) is 0 Å². The average molecular weight is 313 g/mol. The fourth-order valence-corrected chi connectivity index (χ4v) is 2.92. The largest absolute Gasteiger partial charge is 0.481 e. The molecular formula is C18H19NO4. The summed E-state index contributed by atoms with van der Waals surface area (Å²) in [6.45, 7) is 2.29. The lowest BCUT2D eigenvalue weighted by Gasteiger charge is -2.16. The topological polar surface area (TPSA) is 79.5 Å². The van der Waals surface area contributed by atoms with Crippen LogP contribution in [-0.2, 0) is 16.6 Å². The number of aliphatic carboxylic acids is 1. The van der Waals surface area contributed by atoms with Crippen LogP contribution in [0.3, 0.4) is 0 Å². The maximum atomic E-state index is 12.5. The summed E-state index contributed by atoms with van der Waals surface area (Å²) in [5.74, 6) is -1.08. The standard InChI is InChI=1S/C18H19NO4/c1-12-10-23-14(9-15(20)21)16(12)17(22)19-11-18(7-8-18)13-5-3-2-4-6-13/h2-6,10H,7-9,11H2,1H3,(H,19,22)(H,20,21).